The zero-order chi connectivity index (χ0) is 25.9. The predicted octanol–water partition coefficient (Wildman–Crippen LogP) is 5.52. The number of esters is 1. The van der Waals surface area contributed by atoms with E-state index in [9.17, 15) is 22.4 Å². The summed E-state index contributed by atoms with van der Waals surface area (Å²) in [6.07, 6.45) is -4.93. The Bertz CT molecular complexity index is 1040. The van der Waals surface area contributed by atoms with E-state index in [4.69, 9.17) is 14.4 Å². The van der Waals surface area contributed by atoms with Gasteiger partial charge in [-0.25, -0.2) is 9.18 Å². The van der Waals surface area contributed by atoms with Gasteiger partial charge in [0.25, 0.3) is 0 Å². The summed E-state index contributed by atoms with van der Waals surface area (Å²) in [5.74, 6) is -2.38. The van der Waals surface area contributed by atoms with Crippen molar-refractivity contribution in [1.82, 2.24) is 0 Å². The van der Waals surface area contributed by atoms with Crippen LogP contribution in [0.3, 0.4) is 0 Å². The van der Waals surface area contributed by atoms with Crippen LogP contribution in [0, 0.1) is 12.7 Å². The lowest BCUT2D eigenvalue weighted by Gasteiger charge is -2.13. The molecular weight excluding hydrogens is 460 g/mol. The molecule has 0 saturated carbocycles. The lowest BCUT2D eigenvalue weighted by molar-refractivity contribution is -0.274. The van der Waals surface area contributed by atoms with Gasteiger partial charge in [0, 0.05) is 22.8 Å². The largest absolute Gasteiger partial charge is 0.573 e. The van der Waals surface area contributed by atoms with Crippen molar-refractivity contribution in [1.29, 1.82) is 0 Å². The van der Waals surface area contributed by atoms with E-state index in [0.717, 1.165) is 17.7 Å². The van der Waals surface area contributed by atoms with Crippen LogP contribution >= 0.6 is 0 Å². The Morgan fingerprint density at radius 1 is 1.03 bits per heavy atom. The van der Waals surface area contributed by atoms with Crippen molar-refractivity contribution < 1.29 is 41.5 Å². The molecule has 0 radical (unpaired) electrons. The summed E-state index contributed by atoms with van der Waals surface area (Å²) < 4.78 is 59.4. The molecule has 0 aliphatic rings. The van der Waals surface area contributed by atoms with Gasteiger partial charge in [-0.05, 0) is 31.5 Å². The van der Waals surface area contributed by atoms with Gasteiger partial charge in [0.15, 0.2) is 5.71 Å². The van der Waals surface area contributed by atoms with Crippen LogP contribution in [-0.2, 0) is 25.8 Å². The number of carbonyl (C=O) groups excluding carboxylic acids is 1. The van der Waals surface area contributed by atoms with Gasteiger partial charge < -0.3 is 19.1 Å². The maximum atomic E-state index is 14.2. The summed E-state index contributed by atoms with van der Waals surface area (Å²) in [6, 6.07) is 7.77. The van der Waals surface area contributed by atoms with Crippen molar-refractivity contribution in [2.45, 2.75) is 40.7 Å². The Balaban J connectivity index is 0.00000281. The second-order valence-corrected chi connectivity index (χ2v) is 6.35. The molecule has 0 bridgehead atoms. The number of ether oxygens (including phenoxy) is 2. The van der Waals surface area contributed by atoms with Crippen LogP contribution in [0.1, 0.15) is 43.0 Å². The lowest BCUT2D eigenvalue weighted by atomic mass is 9.99. The molecule has 0 aromatic heterocycles. The highest BCUT2D eigenvalue weighted by atomic mass is 19.4. The Labute approximate surface area is 194 Å². The fourth-order valence-electron chi connectivity index (χ4n) is 2.73. The van der Waals surface area contributed by atoms with Crippen molar-refractivity contribution in [3.8, 4) is 5.75 Å². The molecule has 34 heavy (non-hydrogen) atoms. The van der Waals surface area contributed by atoms with Crippen LogP contribution in [-0.4, -0.2) is 38.0 Å². The van der Waals surface area contributed by atoms with Gasteiger partial charge in [0.2, 0.25) is 0 Å². The molecule has 0 fully saturated rings. The SMILES string of the molecule is CC.CO/N=C(/C(=O)OC)c1cccc(C)c1CO/N=C(\C)c1ccc(OC(F)(F)F)cc1F. The molecule has 0 spiro atoms. The van der Waals surface area contributed by atoms with Crippen LogP contribution in [0.5, 0.6) is 5.75 Å². The standard InChI is InChI=1S/C21H20F4N2O5.C2H6/c1-12-6-5-7-16(19(27-30-4)20(28)29-3)17(12)11-31-26-13(2)15-9-8-14(10-18(15)22)32-21(23,24)25;1-2/h5-10H,11H2,1-4H3;1-2H3/b26-13+,27-19+;. The highest BCUT2D eigenvalue weighted by Gasteiger charge is 2.31. The Morgan fingerprint density at radius 2 is 1.71 bits per heavy atom. The number of halogens is 4. The minimum atomic E-state index is -4.93. The molecule has 11 heteroatoms. The summed E-state index contributed by atoms with van der Waals surface area (Å²) in [5, 5.41) is 7.55. The first-order valence-corrected chi connectivity index (χ1v) is 10.1. The van der Waals surface area contributed by atoms with Crippen LogP contribution in [0.4, 0.5) is 17.6 Å². The van der Waals surface area contributed by atoms with E-state index in [1.54, 1.807) is 25.1 Å². The van der Waals surface area contributed by atoms with Gasteiger partial charge in [0.05, 0.1) is 12.8 Å². The zero-order valence-corrected chi connectivity index (χ0v) is 19.6. The zero-order valence-electron chi connectivity index (χ0n) is 19.6. The number of hydrogen-bond acceptors (Lipinski definition) is 7. The third kappa shape index (κ3) is 8.05. The number of hydrogen-bond donors (Lipinski definition) is 0. The van der Waals surface area contributed by atoms with Crippen molar-refractivity contribution in [2.75, 3.05) is 14.2 Å². The summed E-state index contributed by atoms with van der Waals surface area (Å²) in [5.41, 5.74) is 1.63. The van der Waals surface area contributed by atoms with E-state index in [1.807, 2.05) is 13.8 Å². The molecule has 2 aromatic rings. The molecule has 186 valence electrons. The van der Waals surface area contributed by atoms with Crippen molar-refractivity contribution in [2.24, 2.45) is 10.3 Å². The van der Waals surface area contributed by atoms with E-state index >= 15 is 0 Å². The molecule has 0 N–H and O–H groups in total. The fourth-order valence-corrected chi connectivity index (χ4v) is 2.73. The number of oxime groups is 2. The third-order valence-electron chi connectivity index (χ3n) is 4.20. The van der Waals surface area contributed by atoms with E-state index < -0.39 is 23.9 Å². The summed E-state index contributed by atoms with van der Waals surface area (Å²) in [4.78, 5) is 22.1. The number of carbonyl (C=O) groups is 1. The molecule has 0 atom stereocenters. The summed E-state index contributed by atoms with van der Waals surface area (Å²) >= 11 is 0. The van der Waals surface area contributed by atoms with Gasteiger partial charge in [0.1, 0.15) is 25.3 Å². The predicted molar refractivity (Wildman–Crippen MR) is 118 cm³/mol. The highest BCUT2D eigenvalue weighted by molar-refractivity contribution is 6.43. The van der Waals surface area contributed by atoms with Crippen LogP contribution in [0.2, 0.25) is 0 Å². The summed E-state index contributed by atoms with van der Waals surface area (Å²) in [6.45, 7) is 7.09. The first-order valence-electron chi connectivity index (χ1n) is 10.1. The van der Waals surface area contributed by atoms with E-state index in [2.05, 4.69) is 15.0 Å². The first kappa shape index (κ1) is 28.4. The highest BCUT2D eigenvalue weighted by Crippen LogP contribution is 2.25. The number of aryl methyl sites for hydroxylation is 1. The number of methoxy groups -OCH3 is 1. The average Bonchev–Trinajstić information content (AvgIpc) is 2.78. The van der Waals surface area contributed by atoms with Crippen molar-refractivity contribution >= 4 is 17.4 Å². The molecule has 2 rings (SSSR count). The molecule has 0 saturated heterocycles. The minimum absolute atomic E-state index is 0.0688. The topological polar surface area (TPSA) is 78.7 Å². The molecule has 7 nitrogen and oxygen atoms in total. The number of nitrogens with zero attached hydrogens (tertiary/aromatic N) is 2. The molecule has 0 unspecified atom stereocenters. The smallest absolute Gasteiger partial charge is 0.464 e. The van der Waals surface area contributed by atoms with E-state index in [0.29, 0.717) is 17.2 Å². The second kappa shape index (κ2) is 13.2. The molecule has 0 aliphatic heterocycles. The van der Waals surface area contributed by atoms with Gasteiger partial charge in [-0.1, -0.05) is 42.4 Å². The number of benzene rings is 2. The van der Waals surface area contributed by atoms with Crippen molar-refractivity contribution in [3.63, 3.8) is 0 Å². The van der Waals surface area contributed by atoms with Crippen LogP contribution in [0.15, 0.2) is 46.7 Å². The second-order valence-electron chi connectivity index (χ2n) is 6.35. The Morgan fingerprint density at radius 3 is 2.26 bits per heavy atom. The van der Waals surface area contributed by atoms with Crippen LogP contribution < -0.4 is 4.74 Å². The third-order valence-corrected chi connectivity index (χ3v) is 4.20. The fraction of sp³-hybridized carbons (Fsp3) is 0.348. The Hall–Kier alpha value is -3.63. The average molecular weight is 486 g/mol. The molecule has 0 amide bonds. The monoisotopic (exact) mass is 486 g/mol. The van der Waals surface area contributed by atoms with Gasteiger partial charge in [-0.2, -0.15) is 0 Å². The van der Waals surface area contributed by atoms with E-state index in [1.165, 1.54) is 21.1 Å². The van der Waals surface area contributed by atoms with E-state index in [-0.39, 0.29) is 23.6 Å². The van der Waals surface area contributed by atoms with Gasteiger partial charge >= 0.3 is 12.3 Å². The molecule has 0 aliphatic carbocycles. The molecule has 0 heterocycles. The maximum absolute atomic E-state index is 14.2. The normalized spacial score (nSPS) is 11.8. The van der Waals surface area contributed by atoms with Gasteiger partial charge in [-0.15, -0.1) is 13.2 Å². The maximum Gasteiger partial charge on any atom is 0.573 e. The number of rotatable bonds is 8. The molecular formula is C23H26F4N2O5. The lowest BCUT2D eigenvalue weighted by Crippen LogP contribution is -2.20. The van der Waals surface area contributed by atoms with Crippen molar-refractivity contribution in [3.05, 3.63) is 64.5 Å². The Kier molecular flexibility index (Phi) is 11.0. The first-order chi connectivity index (χ1) is 16.1. The van der Waals surface area contributed by atoms with Crippen LogP contribution in [0.25, 0.3) is 0 Å². The number of alkyl halides is 3. The molecule has 2 aromatic carbocycles. The minimum Gasteiger partial charge on any atom is -0.464 e. The summed E-state index contributed by atoms with van der Waals surface area (Å²) in [7, 11) is 2.48. The quantitative estimate of drug-likeness (QED) is 0.212. The van der Waals surface area contributed by atoms with Gasteiger partial charge in [-0.3, -0.25) is 0 Å².